The summed E-state index contributed by atoms with van der Waals surface area (Å²) < 4.78 is 4.71. The van der Waals surface area contributed by atoms with Crippen molar-refractivity contribution in [1.29, 1.82) is 0 Å². The van der Waals surface area contributed by atoms with E-state index in [1.165, 1.54) is 13.2 Å². The molecule has 1 aliphatic heterocycles. The van der Waals surface area contributed by atoms with Crippen LogP contribution in [0.4, 0.5) is 0 Å². The number of methoxy groups -OCH3 is 1. The van der Waals surface area contributed by atoms with Crippen molar-refractivity contribution in [3.8, 4) is 0 Å². The minimum Gasteiger partial charge on any atom is -0.469 e. The Bertz CT molecular complexity index is 528. The SMILES string of the molecule is COC(=O)C1CCN(C(=O)c2nc(Cl)ccc2Cl)CC1. The average Bonchev–Trinajstić information content (AvgIpc) is 2.48. The lowest BCUT2D eigenvalue weighted by Gasteiger charge is -2.30. The van der Waals surface area contributed by atoms with E-state index in [4.69, 9.17) is 27.9 Å². The second-order valence-electron chi connectivity index (χ2n) is 4.55. The molecule has 0 aromatic carbocycles. The average molecular weight is 317 g/mol. The van der Waals surface area contributed by atoms with Crippen LogP contribution >= 0.6 is 23.2 Å². The van der Waals surface area contributed by atoms with Gasteiger partial charge in [0.25, 0.3) is 5.91 Å². The van der Waals surface area contributed by atoms with E-state index in [-0.39, 0.29) is 33.7 Å². The van der Waals surface area contributed by atoms with Crippen LogP contribution in [0.3, 0.4) is 0 Å². The molecule has 2 heterocycles. The molecular weight excluding hydrogens is 303 g/mol. The fourth-order valence-corrected chi connectivity index (χ4v) is 2.54. The molecule has 0 unspecified atom stereocenters. The van der Waals surface area contributed by atoms with Crippen molar-refractivity contribution >= 4 is 35.1 Å². The number of nitrogens with zero attached hydrogens (tertiary/aromatic N) is 2. The van der Waals surface area contributed by atoms with Gasteiger partial charge in [-0.15, -0.1) is 0 Å². The number of carbonyl (C=O) groups is 2. The van der Waals surface area contributed by atoms with Crippen molar-refractivity contribution in [2.24, 2.45) is 5.92 Å². The monoisotopic (exact) mass is 316 g/mol. The van der Waals surface area contributed by atoms with E-state index < -0.39 is 0 Å². The summed E-state index contributed by atoms with van der Waals surface area (Å²) in [6.07, 6.45) is 1.16. The van der Waals surface area contributed by atoms with E-state index in [0.717, 1.165) is 0 Å². The number of hydrogen-bond acceptors (Lipinski definition) is 4. The summed E-state index contributed by atoms with van der Waals surface area (Å²) in [6.45, 7) is 0.951. The maximum atomic E-state index is 12.3. The van der Waals surface area contributed by atoms with Gasteiger partial charge in [-0.25, -0.2) is 4.98 Å². The van der Waals surface area contributed by atoms with Gasteiger partial charge in [-0.1, -0.05) is 23.2 Å². The topological polar surface area (TPSA) is 59.5 Å². The van der Waals surface area contributed by atoms with Crippen LogP contribution < -0.4 is 0 Å². The molecule has 1 aromatic heterocycles. The molecule has 0 spiro atoms. The van der Waals surface area contributed by atoms with Crippen LogP contribution in [0.5, 0.6) is 0 Å². The molecule has 0 radical (unpaired) electrons. The smallest absolute Gasteiger partial charge is 0.308 e. The normalized spacial score (nSPS) is 16.1. The number of rotatable bonds is 2. The lowest BCUT2D eigenvalue weighted by Crippen LogP contribution is -2.41. The number of aromatic nitrogens is 1. The van der Waals surface area contributed by atoms with E-state index in [2.05, 4.69) is 4.98 Å². The zero-order chi connectivity index (χ0) is 14.7. The molecule has 108 valence electrons. The molecule has 0 N–H and O–H groups in total. The lowest BCUT2D eigenvalue weighted by molar-refractivity contribution is -0.146. The van der Waals surface area contributed by atoms with Crippen molar-refractivity contribution < 1.29 is 14.3 Å². The van der Waals surface area contributed by atoms with Crippen LogP contribution in [0.1, 0.15) is 23.3 Å². The van der Waals surface area contributed by atoms with E-state index in [0.29, 0.717) is 25.9 Å². The molecule has 2 rings (SSSR count). The summed E-state index contributed by atoms with van der Waals surface area (Å²) in [4.78, 5) is 29.4. The first-order chi connectivity index (χ1) is 9.52. The highest BCUT2D eigenvalue weighted by Gasteiger charge is 2.29. The first-order valence-corrected chi connectivity index (χ1v) is 6.97. The molecule has 5 nitrogen and oxygen atoms in total. The Hall–Kier alpha value is -1.33. The van der Waals surface area contributed by atoms with Gasteiger partial charge in [0.05, 0.1) is 18.1 Å². The van der Waals surface area contributed by atoms with Gasteiger partial charge in [-0.3, -0.25) is 9.59 Å². The first kappa shape index (κ1) is 15.1. The molecular formula is C13H14Cl2N2O3. The lowest BCUT2D eigenvalue weighted by atomic mass is 9.97. The fourth-order valence-electron chi connectivity index (χ4n) is 2.20. The molecule has 0 bridgehead atoms. The zero-order valence-corrected chi connectivity index (χ0v) is 12.4. The summed E-state index contributed by atoms with van der Waals surface area (Å²) in [5.41, 5.74) is 0.149. The van der Waals surface area contributed by atoms with Gasteiger partial charge in [-0.05, 0) is 25.0 Å². The third kappa shape index (κ3) is 3.22. The van der Waals surface area contributed by atoms with Crippen LogP contribution in [-0.2, 0) is 9.53 Å². The highest BCUT2D eigenvalue weighted by atomic mass is 35.5. The predicted octanol–water partition coefficient (Wildman–Crippen LogP) is 2.41. The Morgan fingerprint density at radius 3 is 2.55 bits per heavy atom. The van der Waals surface area contributed by atoms with Crippen LogP contribution in [0.25, 0.3) is 0 Å². The number of ether oxygens (including phenoxy) is 1. The molecule has 1 amide bonds. The quantitative estimate of drug-likeness (QED) is 0.621. The zero-order valence-electron chi connectivity index (χ0n) is 10.9. The van der Waals surface area contributed by atoms with E-state index in [1.54, 1.807) is 11.0 Å². The van der Waals surface area contributed by atoms with Gasteiger partial charge < -0.3 is 9.64 Å². The molecule has 0 saturated carbocycles. The first-order valence-electron chi connectivity index (χ1n) is 6.22. The van der Waals surface area contributed by atoms with Crippen molar-refractivity contribution in [3.05, 3.63) is 28.0 Å². The van der Waals surface area contributed by atoms with Gasteiger partial charge >= 0.3 is 5.97 Å². The number of piperidine rings is 1. The standard InChI is InChI=1S/C13H14Cl2N2O3/c1-20-13(19)8-4-6-17(7-5-8)12(18)11-9(14)2-3-10(15)16-11/h2-3,8H,4-7H2,1H3. The number of esters is 1. The van der Waals surface area contributed by atoms with Gasteiger partial charge in [0.1, 0.15) is 10.8 Å². The molecule has 20 heavy (non-hydrogen) atoms. The Balaban J connectivity index is 2.05. The maximum Gasteiger partial charge on any atom is 0.308 e. The summed E-state index contributed by atoms with van der Waals surface area (Å²) in [7, 11) is 1.37. The van der Waals surface area contributed by atoms with Crippen LogP contribution in [-0.4, -0.2) is 42.0 Å². The molecule has 1 aliphatic rings. The summed E-state index contributed by atoms with van der Waals surface area (Å²) in [6, 6.07) is 3.08. The molecule has 1 saturated heterocycles. The fraction of sp³-hybridized carbons (Fsp3) is 0.462. The number of halogens is 2. The van der Waals surface area contributed by atoms with E-state index >= 15 is 0 Å². The van der Waals surface area contributed by atoms with Gasteiger partial charge in [0, 0.05) is 13.1 Å². The number of pyridine rings is 1. The Labute approximate surface area is 126 Å². The summed E-state index contributed by atoms with van der Waals surface area (Å²) >= 11 is 11.8. The maximum absolute atomic E-state index is 12.3. The van der Waals surface area contributed by atoms with Gasteiger partial charge in [-0.2, -0.15) is 0 Å². The summed E-state index contributed by atoms with van der Waals surface area (Å²) in [5.74, 6) is -0.635. The Morgan fingerprint density at radius 1 is 1.30 bits per heavy atom. The van der Waals surface area contributed by atoms with Crippen molar-refractivity contribution in [3.63, 3.8) is 0 Å². The molecule has 1 fully saturated rings. The molecule has 0 atom stereocenters. The molecule has 1 aromatic rings. The highest BCUT2D eigenvalue weighted by Crippen LogP contribution is 2.23. The molecule has 7 heteroatoms. The van der Waals surface area contributed by atoms with E-state index in [9.17, 15) is 9.59 Å². The Kier molecular flexibility index (Phi) is 4.83. The van der Waals surface area contributed by atoms with Crippen LogP contribution in [0, 0.1) is 5.92 Å². The third-order valence-corrected chi connectivity index (χ3v) is 3.85. The number of likely N-dealkylation sites (tertiary alicyclic amines) is 1. The van der Waals surface area contributed by atoms with Crippen molar-refractivity contribution in [2.45, 2.75) is 12.8 Å². The second-order valence-corrected chi connectivity index (χ2v) is 5.35. The Morgan fingerprint density at radius 2 is 1.95 bits per heavy atom. The minimum absolute atomic E-state index is 0.146. The highest BCUT2D eigenvalue weighted by molar-refractivity contribution is 6.34. The number of amides is 1. The number of hydrogen-bond donors (Lipinski definition) is 0. The van der Waals surface area contributed by atoms with Crippen LogP contribution in [0.2, 0.25) is 10.2 Å². The third-order valence-electron chi connectivity index (χ3n) is 3.33. The minimum atomic E-state index is -0.263. The van der Waals surface area contributed by atoms with Gasteiger partial charge in [0.15, 0.2) is 0 Å². The largest absolute Gasteiger partial charge is 0.469 e. The second kappa shape index (κ2) is 6.41. The van der Waals surface area contributed by atoms with Gasteiger partial charge in [0.2, 0.25) is 0 Å². The predicted molar refractivity (Wildman–Crippen MR) is 74.9 cm³/mol. The van der Waals surface area contributed by atoms with Crippen molar-refractivity contribution in [2.75, 3.05) is 20.2 Å². The van der Waals surface area contributed by atoms with Crippen LogP contribution in [0.15, 0.2) is 12.1 Å². The summed E-state index contributed by atoms with van der Waals surface area (Å²) in [5, 5.41) is 0.497. The molecule has 0 aliphatic carbocycles. The van der Waals surface area contributed by atoms with Crippen molar-refractivity contribution in [1.82, 2.24) is 9.88 Å². The number of carbonyl (C=O) groups excluding carboxylic acids is 2. The van der Waals surface area contributed by atoms with E-state index in [1.807, 2.05) is 0 Å².